The zero-order valence-electron chi connectivity index (χ0n) is 21.4. The average molecular weight is 574 g/mol. The molecule has 0 bridgehead atoms. The quantitative estimate of drug-likeness (QED) is 0.130. The number of aromatic nitrogens is 2. The van der Waals surface area contributed by atoms with Gasteiger partial charge in [0.2, 0.25) is 0 Å². The van der Waals surface area contributed by atoms with Crippen LogP contribution in [0.3, 0.4) is 0 Å². The molecule has 6 nitrogen and oxygen atoms in total. The number of hydrogen-bond donors (Lipinski definition) is 3. The number of halogens is 4. The molecule has 0 aliphatic rings. The van der Waals surface area contributed by atoms with Gasteiger partial charge in [-0.1, -0.05) is 47.5 Å². The summed E-state index contributed by atoms with van der Waals surface area (Å²) >= 11 is 7.92. The molecule has 0 amide bonds. The number of aryl methyl sites for hydroxylation is 2. The van der Waals surface area contributed by atoms with Gasteiger partial charge in [-0.3, -0.25) is 5.01 Å². The molecule has 4 rings (SSSR count). The standard InChI is InChI=1S/C28H27ClF3N5OS/c1-16-4-6-18(7-5-16)25(13-33)37(34)24-11-19(20-10-22(29)21(15-38)26(12-20)39-3)8-9-23(24)36-14-27(28(30,31)32)35-17(36)2/h4-14,38H,15,33-34H2,1-3H3/b25-13-. The molecule has 0 saturated heterocycles. The van der Waals surface area contributed by atoms with Crippen molar-refractivity contribution in [3.05, 3.63) is 100 Å². The van der Waals surface area contributed by atoms with Crippen molar-refractivity contribution in [1.29, 1.82) is 0 Å². The molecule has 0 saturated carbocycles. The van der Waals surface area contributed by atoms with Gasteiger partial charge in [0.05, 0.1) is 23.7 Å². The van der Waals surface area contributed by atoms with Crippen LogP contribution in [-0.4, -0.2) is 20.9 Å². The normalized spacial score (nSPS) is 12.2. The minimum Gasteiger partial charge on any atom is -0.403 e. The Kier molecular flexibility index (Phi) is 8.31. The highest BCUT2D eigenvalue weighted by Crippen LogP contribution is 2.38. The second-order valence-corrected chi connectivity index (χ2v) is 10.1. The number of hydrazine groups is 1. The van der Waals surface area contributed by atoms with Crippen molar-refractivity contribution in [2.24, 2.45) is 11.6 Å². The molecule has 0 spiro atoms. The summed E-state index contributed by atoms with van der Waals surface area (Å²) in [5.74, 6) is 6.78. The maximum Gasteiger partial charge on any atom is 0.434 e. The van der Waals surface area contributed by atoms with Crippen LogP contribution >= 0.6 is 23.4 Å². The minimum absolute atomic E-state index is 0.137. The highest BCUT2D eigenvalue weighted by atomic mass is 35.5. The first-order valence-electron chi connectivity index (χ1n) is 11.8. The van der Waals surface area contributed by atoms with E-state index in [1.807, 2.05) is 43.5 Å². The fourth-order valence-electron chi connectivity index (χ4n) is 4.24. The van der Waals surface area contributed by atoms with Crippen molar-refractivity contribution < 1.29 is 18.3 Å². The molecule has 0 fully saturated rings. The van der Waals surface area contributed by atoms with Crippen molar-refractivity contribution in [3.63, 3.8) is 0 Å². The van der Waals surface area contributed by atoms with E-state index >= 15 is 0 Å². The molecule has 11 heteroatoms. The van der Waals surface area contributed by atoms with Crippen LogP contribution in [0.25, 0.3) is 22.5 Å². The van der Waals surface area contributed by atoms with Gasteiger partial charge in [-0.2, -0.15) is 13.2 Å². The zero-order valence-corrected chi connectivity index (χ0v) is 23.0. The summed E-state index contributed by atoms with van der Waals surface area (Å²) in [6, 6.07) is 16.4. The van der Waals surface area contributed by atoms with Crippen LogP contribution in [0.1, 0.15) is 28.2 Å². The lowest BCUT2D eigenvalue weighted by Gasteiger charge is -2.26. The molecule has 0 atom stereocenters. The van der Waals surface area contributed by atoms with E-state index in [-0.39, 0.29) is 12.4 Å². The lowest BCUT2D eigenvalue weighted by Crippen LogP contribution is -2.31. The number of anilines is 1. The van der Waals surface area contributed by atoms with Crippen LogP contribution in [0, 0.1) is 13.8 Å². The Bertz CT molecular complexity index is 1530. The van der Waals surface area contributed by atoms with E-state index in [1.54, 1.807) is 24.3 Å². The zero-order chi connectivity index (χ0) is 28.5. The fraction of sp³-hybridized carbons (Fsp3) is 0.179. The van der Waals surface area contributed by atoms with Crippen LogP contribution in [0.2, 0.25) is 5.02 Å². The molecule has 0 unspecified atom stereocenters. The predicted molar refractivity (Wildman–Crippen MR) is 151 cm³/mol. The molecular formula is C28H27ClF3N5OS. The molecule has 1 heterocycles. The summed E-state index contributed by atoms with van der Waals surface area (Å²) in [6.07, 6.45) is -0.438. The molecule has 5 N–H and O–H groups in total. The molecule has 0 radical (unpaired) electrons. The molecule has 39 heavy (non-hydrogen) atoms. The smallest absolute Gasteiger partial charge is 0.403 e. The van der Waals surface area contributed by atoms with Crippen molar-refractivity contribution in [1.82, 2.24) is 9.55 Å². The highest BCUT2D eigenvalue weighted by molar-refractivity contribution is 7.98. The summed E-state index contributed by atoms with van der Waals surface area (Å²) in [7, 11) is 0. The van der Waals surface area contributed by atoms with E-state index in [2.05, 4.69) is 4.98 Å². The van der Waals surface area contributed by atoms with Gasteiger partial charge in [-0.15, -0.1) is 11.8 Å². The van der Waals surface area contributed by atoms with Gasteiger partial charge in [-0.05, 0) is 55.5 Å². The van der Waals surface area contributed by atoms with Crippen molar-refractivity contribution >= 4 is 34.7 Å². The first-order valence-corrected chi connectivity index (χ1v) is 13.4. The third-order valence-electron chi connectivity index (χ3n) is 6.30. The molecule has 204 valence electrons. The number of aliphatic hydroxyl groups excluding tert-OH is 1. The summed E-state index contributed by atoms with van der Waals surface area (Å²) in [4.78, 5) is 4.52. The van der Waals surface area contributed by atoms with Crippen LogP contribution in [0.4, 0.5) is 18.9 Å². The number of benzene rings is 3. The van der Waals surface area contributed by atoms with Gasteiger partial charge < -0.3 is 15.4 Å². The first kappa shape index (κ1) is 28.6. The van der Waals surface area contributed by atoms with Gasteiger partial charge in [0.25, 0.3) is 0 Å². The maximum absolute atomic E-state index is 13.5. The molecule has 1 aromatic heterocycles. The molecule has 0 aliphatic heterocycles. The summed E-state index contributed by atoms with van der Waals surface area (Å²) in [5.41, 5.74) is 10.0. The summed E-state index contributed by atoms with van der Waals surface area (Å²) < 4.78 is 41.8. The number of nitrogens with zero attached hydrogens (tertiary/aromatic N) is 3. The molecule has 0 aliphatic carbocycles. The van der Waals surface area contributed by atoms with Crippen molar-refractivity contribution in [3.8, 4) is 16.8 Å². The van der Waals surface area contributed by atoms with Crippen molar-refractivity contribution in [2.45, 2.75) is 31.5 Å². The van der Waals surface area contributed by atoms with Crippen LogP contribution in [0.15, 0.2) is 71.9 Å². The van der Waals surface area contributed by atoms with Crippen LogP contribution in [-0.2, 0) is 12.8 Å². The largest absolute Gasteiger partial charge is 0.434 e. The monoisotopic (exact) mass is 573 g/mol. The van der Waals surface area contributed by atoms with Crippen LogP contribution < -0.4 is 16.6 Å². The lowest BCUT2D eigenvalue weighted by atomic mass is 10.0. The Balaban J connectivity index is 1.93. The number of aliphatic hydroxyl groups is 1. The van der Waals surface area contributed by atoms with E-state index < -0.39 is 11.9 Å². The van der Waals surface area contributed by atoms with E-state index in [0.717, 1.165) is 27.8 Å². The van der Waals surface area contributed by atoms with Gasteiger partial charge in [0, 0.05) is 33.4 Å². The Morgan fingerprint density at radius 1 is 1.10 bits per heavy atom. The van der Waals surface area contributed by atoms with Crippen LogP contribution in [0.5, 0.6) is 0 Å². The Morgan fingerprint density at radius 3 is 2.36 bits per heavy atom. The van der Waals surface area contributed by atoms with E-state index in [4.69, 9.17) is 23.2 Å². The summed E-state index contributed by atoms with van der Waals surface area (Å²) in [5, 5.41) is 11.5. The van der Waals surface area contributed by atoms with Crippen molar-refractivity contribution in [2.75, 3.05) is 11.3 Å². The van der Waals surface area contributed by atoms with E-state index in [1.165, 1.54) is 34.5 Å². The number of nitrogens with two attached hydrogens (primary N) is 2. The Labute approximate surface area is 233 Å². The van der Waals surface area contributed by atoms with Gasteiger partial charge in [0.1, 0.15) is 5.82 Å². The lowest BCUT2D eigenvalue weighted by molar-refractivity contribution is -0.141. The predicted octanol–water partition coefficient (Wildman–Crippen LogP) is 6.68. The molecule has 3 aromatic carbocycles. The van der Waals surface area contributed by atoms with E-state index in [0.29, 0.717) is 33.2 Å². The average Bonchev–Trinajstić information content (AvgIpc) is 3.31. The minimum atomic E-state index is -4.61. The highest BCUT2D eigenvalue weighted by Gasteiger charge is 2.35. The third kappa shape index (κ3) is 5.79. The first-order chi connectivity index (χ1) is 18.5. The summed E-state index contributed by atoms with van der Waals surface area (Å²) in [6.45, 7) is 3.23. The van der Waals surface area contributed by atoms with Gasteiger partial charge in [-0.25, -0.2) is 10.8 Å². The molecular weight excluding hydrogens is 547 g/mol. The fourth-order valence-corrected chi connectivity index (χ4v) is 5.24. The van der Waals surface area contributed by atoms with Gasteiger partial charge >= 0.3 is 6.18 Å². The molecule has 4 aromatic rings. The number of imidazole rings is 1. The van der Waals surface area contributed by atoms with Gasteiger partial charge in [0.15, 0.2) is 5.69 Å². The second-order valence-electron chi connectivity index (χ2n) is 8.83. The topological polar surface area (TPSA) is 93.3 Å². The maximum atomic E-state index is 13.5. The number of hydrogen-bond acceptors (Lipinski definition) is 6. The number of rotatable bonds is 7. The Morgan fingerprint density at radius 2 is 1.79 bits per heavy atom. The SMILES string of the molecule is CSc1cc(-c2ccc(-n3cc(C(F)(F)F)nc3C)c(N(N)/C(=C\N)c3ccc(C)cc3)c2)cc(Cl)c1CO. The number of thioether (sulfide) groups is 1. The number of alkyl halides is 3. The second kappa shape index (κ2) is 11.4. The third-order valence-corrected chi connectivity index (χ3v) is 7.44. The van der Waals surface area contributed by atoms with E-state index in [9.17, 15) is 18.3 Å². The Hall–Kier alpha value is -3.44.